The Morgan fingerprint density at radius 1 is 1.31 bits per heavy atom. The minimum atomic E-state index is -0.567. The molecule has 0 bridgehead atoms. The molecule has 0 atom stereocenters. The summed E-state index contributed by atoms with van der Waals surface area (Å²) in [4.78, 5) is 14.2. The highest BCUT2D eigenvalue weighted by atomic mass is 16.1. The third-order valence-corrected chi connectivity index (χ3v) is 3.32. The molecule has 0 amide bonds. The van der Waals surface area contributed by atoms with Gasteiger partial charge in [0.15, 0.2) is 0 Å². The summed E-state index contributed by atoms with van der Waals surface area (Å²) >= 11 is 0. The summed E-state index contributed by atoms with van der Waals surface area (Å²) in [5.41, 5.74) is 1.45. The summed E-state index contributed by atoms with van der Waals surface area (Å²) < 4.78 is 0. The Bertz CT molecular complexity index is 610. The Kier molecular flexibility index (Phi) is 1.69. The number of nitriles is 1. The second-order valence-corrected chi connectivity index (χ2v) is 4.37. The van der Waals surface area contributed by atoms with Crippen LogP contribution < -0.4 is 0 Å². The monoisotopic (exact) mass is 210 g/mol. The molecule has 3 nitrogen and oxygen atoms in total. The summed E-state index contributed by atoms with van der Waals surface area (Å²) in [5.74, 6) is 0.177. The molecular formula is C13H10N2O. The third kappa shape index (κ3) is 1.10. The topological polar surface area (TPSA) is 56.6 Å². The molecule has 1 aromatic carbocycles. The lowest BCUT2D eigenvalue weighted by atomic mass is 9.64. The second kappa shape index (κ2) is 2.96. The number of hydrogen-bond donors (Lipinski definition) is 1. The number of aromatic nitrogens is 1. The van der Waals surface area contributed by atoms with Crippen molar-refractivity contribution in [2.24, 2.45) is 0 Å². The number of rotatable bonds is 1. The maximum Gasteiger partial charge on any atom is 0.136 e. The van der Waals surface area contributed by atoms with Gasteiger partial charge in [0.1, 0.15) is 5.78 Å². The van der Waals surface area contributed by atoms with Crippen molar-refractivity contribution in [3.63, 3.8) is 0 Å². The maximum atomic E-state index is 11.1. The first-order valence-electron chi connectivity index (χ1n) is 5.24. The van der Waals surface area contributed by atoms with E-state index in [9.17, 15) is 10.1 Å². The highest BCUT2D eigenvalue weighted by molar-refractivity contribution is 5.91. The molecule has 1 aromatic heterocycles. The average molecular weight is 210 g/mol. The van der Waals surface area contributed by atoms with Crippen LogP contribution in [0.2, 0.25) is 0 Å². The summed E-state index contributed by atoms with van der Waals surface area (Å²) in [6.45, 7) is 0. The molecule has 1 fully saturated rings. The van der Waals surface area contributed by atoms with Gasteiger partial charge in [-0.15, -0.1) is 0 Å². The fourth-order valence-corrected chi connectivity index (χ4v) is 2.32. The molecule has 1 saturated carbocycles. The van der Waals surface area contributed by atoms with Gasteiger partial charge in [-0.1, -0.05) is 6.07 Å². The van der Waals surface area contributed by atoms with Gasteiger partial charge in [-0.05, 0) is 29.1 Å². The number of hydrogen-bond acceptors (Lipinski definition) is 2. The Labute approximate surface area is 92.7 Å². The Balaban J connectivity index is 2.12. The minimum absolute atomic E-state index is 0.177. The number of Topliss-reactive ketones (excluding diaryl/α,β-unsaturated/α-hetero) is 1. The Morgan fingerprint density at radius 2 is 2.12 bits per heavy atom. The van der Waals surface area contributed by atoms with E-state index < -0.39 is 5.41 Å². The van der Waals surface area contributed by atoms with Crippen molar-refractivity contribution >= 4 is 16.7 Å². The van der Waals surface area contributed by atoms with E-state index in [2.05, 4.69) is 11.1 Å². The smallest absolute Gasteiger partial charge is 0.136 e. The van der Waals surface area contributed by atoms with Gasteiger partial charge in [0.05, 0.1) is 11.5 Å². The van der Waals surface area contributed by atoms with Crippen molar-refractivity contribution in [2.75, 3.05) is 0 Å². The molecule has 3 rings (SSSR count). The van der Waals surface area contributed by atoms with E-state index in [4.69, 9.17) is 0 Å². The van der Waals surface area contributed by atoms with Crippen LogP contribution in [0.1, 0.15) is 18.4 Å². The van der Waals surface area contributed by atoms with Crippen LogP contribution in [0.15, 0.2) is 30.5 Å². The van der Waals surface area contributed by atoms with Crippen molar-refractivity contribution < 1.29 is 4.79 Å². The largest absolute Gasteiger partial charge is 0.361 e. The summed E-state index contributed by atoms with van der Waals surface area (Å²) in [7, 11) is 0. The lowest BCUT2D eigenvalue weighted by Crippen LogP contribution is -2.40. The van der Waals surface area contributed by atoms with Gasteiger partial charge in [-0.3, -0.25) is 4.79 Å². The zero-order valence-electron chi connectivity index (χ0n) is 8.66. The van der Waals surface area contributed by atoms with E-state index in [-0.39, 0.29) is 5.78 Å². The number of nitrogens with zero attached hydrogens (tertiary/aromatic N) is 1. The number of carbonyl (C=O) groups excluding carboxylic acids is 1. The molecule has 0 radical (unpaired) electrons. The summed E-state index contributed by atoms with van der Waals surface area (Å²) in [6.07, 6.45) is 2.60. The molecule has 3 heteroatoms. The molecule has 0 aliphatic heterocycles. The molecule has 78 valence electrons. The molecule has 1 heterocycles. The number of aromatic amines is 1. The van der Waals surface area contributed by atoms with Gasteiger partial charge in [-0.2, -0.15) is 5.26 Å². The number of fused-ring (bicyclic) bond motifs is 1. The zero-order valence-corrected chi connectivity index (χ0v) is 8.66. The number of H-pyrrole nitrogens is 1. The average Bonchev–Trinajstić information content (AvgIpc) is 2.71. The van der Waals surface area contributed by atoms with Crippen LogP contribution in [0.3, 0.4) is 0 Å². The lowest BCUT2D eigenvalue weighted by Gasteiger charge is -2.34. The van der Waals surface area contributed by atoms with Crippen LogP contribution in [-0.4, -0.2) is 10.8 Å². The molecule has 0 saturated heterocycles. The van der Waals surface area contributed by atoms with E-state index in [1.165, 1.54) is 0 Å². The van der Waals surface area contributed by atoms with Crippen LogP contribution in [0.25, 0.3) is 10.9 Å². The van der Waals surface area contributed by atoms with Crippen LogP contribution >= 0.6 is 0 Å². The first-order chi connectivity index (χ1) is 7.73. The number of carbonyl (C=O) groups is 1. The first-order valence-corrected chi connectivity index (χ1v) is 5.24. The zero-order chi connectivity index (χ0) is 11.2. The third-order valence-electron chi connectivity index (χ3n) is 3.32. The Hall–Kier alpha value is -2.08. The van der Waals surface area contributed by atoms with E-state index >= 15 is 0 Å². The molecule has 0 unspecified atom stereocenters. The van der Waals surface area contributed by atoms with E-state index in [1.807, 2.05) is 30.5 Å². The first kappa shape index (κ1) is 9.17. The number of nitrogens with one attached hydrogen (secondary N) is 1. The van der Waals surface area contributed by atoms with Crippen LogP contribution in [-0.2, 0) is 10.2 Å². The molecule has 16 heavy (non-hydrogen) atoms. The van der Waals surface area contributed by atoms with Gasteiger partial charge in [-0.25, -0.2) is 0 Å². The van der Waals surface area contributed by atoms with Crippen LogP contribution in [0.5, 0.6) is 0 Å². The van der Waals surface area contributed by atoms with Gasteiger partial charge < -0.3 is 4.98 Å². The van der Waals surface area contributed by atoms with Gasteiger partial charge in [0.25, 0.3) is 0 Å². The van der Waals surface area contributed by atoms with Crippen molar-refractivity contribution in [2.45, 2.75) is 18.3 Å². The standard InChI is InChI=1S/C13H10N2O/c14-8-13(6-11(16)7-13)10-1-2-12-9(5-10)3-4-15-12/h1-5,15H,6-7H2. The van der Waals surface area contributed by atoms with E-state index in [1.54, 1.807) is 0 Å². The summed E-state index contributed by atoms with van der Waals surface area (Å²) in [6, 6.07) is 10.2. The van der Waals surface area contributed by atoms with Crippen molar-refractivity contribution in [1.82, 2.24) is 4.98 Å². The van der Waals surface area contributed by atoms with Gasteiger partial charge in [0, 0.05) is 24.6 Å². The van der Waals surface area contributed by atoms with Crippen molar-refractivity contribution in [3.05, 3.63) is 36.0 Å². The van der Waals surface area contributed by atoms with E-state index in [0.717, 1.165) is 16.5 Å². The molecule has 1 aliphatic rings. The summed E-state index contributed by atoms with van der Waals surface area (Å²) in [5, 5.41) is 10.3. The molecule has 1 N–H and O–H groups in total. The lowest BCUT2D eigenvalue weighted by molar-refractivity contribution is -0.126. The van der Waals surface area contributed by atoms with Crippen LogP contribution in [0, 0.1) is 11.3 Å². The molecule has 2 aromatic rings. The molecule has 1 aliphatic carbocycles. The van der Waals surface area contributed by atoms with Gasteiger partial charge in [0.2, 0.25) is 0 Å². The number of benzene rings is 1. The van der Waals surface area contributed by atoms with Crippen molar-refractivity contribution in [3.8, 4) is 6.07 Å². The van der Waals surface area contributed by atoms with Gasteiger partial charge >= 0.3 is 0 Å². The molecule has 0 spiro atoms. The fourth-order valence-electron chi connectivity index (χ4n) is 2.32. The molecular weight excluding hydrogens is 200 g/mol. The fraction of sp³-hybridized carbons (Fsp3) is 0.231. The minimum Gasteiger partial charge on any atom is -0.361 e. The van der Waals surface area contributed by atoms with Crippen LogP contribution in [0.4, 0.5) is 0 Å². The quantitative estimate of drug-likeness (QED) is 0.785. The Morgan fingerprint density at radius 3 is 2.81 bits per heavy atom. The highest BCUT2D eigenvalue weighted by Crippen LogP contribution is 2.41. The van der Waals surface area contributed by atoms with E-state index in [0.29, 0.717) is 12.8 Å². The second-order valence-electron chi connectivity index (χ2n) is 4.37. The normalized spacial score (nSPS) is 18.1. The highest BCUT2D eigenvalue weighted by Gasteiger charge is 2.45. The van der Waals surface area contributed by atoms with Crippen molar-refractivity contribution in [1.29, 1.82) is 5.26 Å². The maximum absolute atomic E-state index is 11.1. The predicted molar refractivity (Wildman–Crippen MR) is 59.8 cm³/mol. The SMILES string of the molecule is N#CC1(c2ccc3[nH]ccc3c2)CC(=O)C1. The predicted octanol–water partition coefficient (Wildman–Crippen LogP) is 2.29. The number of ketones is 1.